The van der Waals surface area contributed by atoms with E-state index in [2.05, 4.69) is 28.5 Å². The van der Waals surface area contributed by atoms with Crippen LogP contribution in [-0.4, -0.2) is 42.9 Å². The van der Waals surface area contributed by atoms with Gasteiger partial charge in [-0.1, -0.05) is 25.0 Å². The number of amides is 1. The number of rotatable bonds is 10. The topological polar surface area (TPSA) is 94.9 Å². The second-order valence-electron chi connectivity index (χ2n) is 9.23. The maximum Gasteiger partial charge on any atom is 0.350 e. The van der Waals surface area contributed by atoms with E-state index < -0.39 is 0 Å². The van der Waals surface area contributed by atoms with Crippen molar-refractivity contribution in [3.05, 3.63) is 64.9 Å². The van der Waals surface area contributed by atoms with Gasteiger partial charge in [-0.3, -0.25) is 4.79 Å². The maximum absolute atomic E-state index is 12.9. The normalized spacial score (nSPS) is 13.8. The molecule has 3 aromatic heterocycles. The van der Waals surface area contributed by atoms with E-state index in [0.717, 1.165) is 49.1 Å². The van der Waals surface area contributed by atoms with Gasteiger partial charge in [-0.05, 0) is 68.9 Å². The third kappa shape index (κ3) is 5.19. The lowest BCUT2D eigenvalue weighted by Crippen LogP contribution is -2.33. The summed E-state index contributed by atoms with van der Waals surface area (Å²) < 4.78 is 10.1. The molecule has 0 spiro atoms. The van der Waals surface area contributed by atoms with Crippen molar-refractivity contribution >= 4 is 17.1 Å². The predicted octanol–water partition coefficient (Wildman–Crippen LogP) is 4.00. The molecule has 4 aromatic rings. The Balaban J connectivity index is 1.30. The minimum Gasteiger partial charge on any atom is -0.494 e. The van der Waals surface area contributed by atoms with E-state index in [9.17, 15) is 9.59 Å². The van der Waals surface area contributed by atoms with Gasteiger partial charge in [0.1, 0.15) is 17.8 Å². The lowest BCUT2D eigenvalue weighted by atomic mass is 9.97. The zero-order valence-electron chi connectivity index (χ0n) is 20.7. The summed E-state index contributed by atoms with van der Waals surface area (Å²) in [5.41, 5.74) is 3.91. The van der Waals surface area contributed by atoms with Gasteiger partial charge in [-0.15, -0.1) is 5.10 Å². The van der Waals surface area contributed by atoms with E-state index in [-0.39, 0.29) is 18.1 Å². The average Bonchev–Trinajstić information content (AvgIpc) is 3.47. The minimum atomic E-state index is -0.353. The highest BCUT2D eigenvalue weighted by atomic mass is 16.5. The van der Waals surface area contributed by atoms with Crippen LogP contribution in [0, 0.1) is 0 Å². The molecule has 0 saturated heterocycles. The number of carbonyl (C=O) groups excluding carboxylic acids is 1. The van der Waals surface area contributed by atoms with Gasteiger partial charge in [0.25, 0.3) is 0 Å². The number of benzene rings is 1. The zero-order chi connectivity index (χ0) is 24.9. The van der Waals surface area contributed by atoms with Crippen LogP contribution in [0.3, 0.4) is 0 Å². The SMILES string of the molecule is CCCCOc1ccc(-c2cc3c4nn(CC(=O)NCCC5=CCCCC5)c(=O)n4ccn3n2)cc1. The molecule has 1 amide bonds. The van der Waals surface area contributed by atoms with Crippen molar-refractivity contribution in [2.45, 2.75) is 58.4 Å². The van der Waals surface area contributed by atoms with Crippen LogP contribution in [0.2, 0.25) is 0 Å². The molecule has 36 heavy (non-hydrogen) atoms. The van der Waals surface area contributed by atoms with Gasteiger partial charge in [0.15, 0.2) is 5.65 Å². The summed E-state index contributed by atoms with van der Waals surface area (Å²) in [4.78, 5) is 25.4. The Labute approximate surface area is 209 Å². The highest BCUT2D eigenvalue weighted by Crippen LogP contribution is 2.24. The number of nitrogens with one attached hydrogen (secondary N) is 1. The van der Waals surface area contributed by atoms with Gasteiger partial charge < -0.3 is 10.1 Å². The molecule has 0 radical (unpaired) electrons. The molecule has 9 nitrogen and oxygen atoms in total. The number of nitrogens with zero attached hydrogens (tertiary/aromatic N) is 5. The Morgan fingerprint density at radius 2 is 2.00 bits per heavy atom. The molecule has 0 bridgehead atoms. The molecule has 0 saturated carbocycles. The Bertz CT molecular complexity index is 1440. The summed E-state index contributed by atoms with van der Waals surface area (Å²) in [6.07, 6.45) is 13.3. The lowest BCUT2D eigenvalue weighted by Gasteiger charge is -2.12. The second kappa shape index (κ2) is 10.8. The van der Waals surface area contributed by atoms with Gasteiger partial charge >= 0.3 is 5.69 Å². The minimum absolute atomic E-state index is 0.119. The van der Waals surface area contributed by atoms with Crippen LogP contribution in [0.4, 0.5) is 0 Å². The number of carbonyl (C=O) groups is 1. The van der Waals surface area contributed by atoms with E-state index in [1.165, 1.54) is 27.5 Å². The van der Waals surface area contributed by atoms with Crippen molar-refractivity contribution in [3.8, 4) is 17.0 Å². The summed E-state index contributed by atoms with van der Waals surface area (Å²) in [6.45, 7) is 3.29. The van der Waals surface area contributed by atoms with Crippen LogP contribution in [0.25, 0.3) is 22.4 Å². The van der Waals surface area contributed by atoms with Gasteiger partial charge in [-0.2, -0.15) is 5.10 Å². The molecule has 9 heteroatoms. The smallest absolute Gasteiger partial charge is 0.350 e. The number of hydrogen-bond acceptors (Lipinski definition) is 5. The first kappa shape index (κ1) is 23.8. The summed E-state index contributed by atoms with van der Waals surface area (Å²) in [5.74, 6) is 0.612. The molecule has 5 rings (SSSR count). The Hall–Kier alpha value is -3.88. The van der Waals surface area contributed by atoms with Crippen molar-refractivity contribution < 1.29 is 9.53 Å². The molecule has 0 unspecified atom stereocenters. The molecule has 1 N–H and O–H groups in total. The maximum atomic E-state index is 12.9. The molecule has 0 atom stereocenters. The van der Waals surface area contributed by atoms with Gasteiger partial charge in [0, 0.05) is 24.5 Å². The van der Waals surface area contributed by atoms with E-state index in [4.69, 9.17) is 4.74 Å². The molecule has 1 aromatic carbocycles. The van der Waals surface area contributed by atoms with E-state index in [1.54, 1.807) is 16.9 Å². The zero-order valence-corrected chi connectivity index (χ0v) is 20.7. The first-order chi connectivity index (χ1) is 17.6. The molecule has 188 valence electrons. The number of ether oxygens (including phenoxy) is 1. The van der Waals surface area contributed by atoms with Crippen LogP contribution in [0.1, 0.15) is 51.9 Å². The molecular formula is C27H32N6O3. The van der Waals surface area contributed by atoms with Crippen molar-refractivity contribution in [2.24, 2.45) is 0 Å². The van der Waals surface area contributed by atoms with Gasteiger partial charge in [0.05, 0.1) is 12.3 Å². The van der Waals surface area contributed by atoms with Crippen LogP contribution in [0.15, 0.2) is 59.2 Å². The second-order valence-corrected chi connectivity index (χ2v) is 9.23. The molecule has 3 heterocycles. The fourth-order valence-electron chi connectivity index (χ4n) is 4.52. The standard InChI is InChI=1S/C27H32N6O3/c1-2-3-17-36-22-11-9-21(10-12-22)23-18-24-26-30-33(27(35)31(26)15-16-32(24)29-23)19-25(34)28-14-13-20-7-5-4-6-8-20/h7,9-12,15-16,18H,2-6,8,13-14,17,19H2,1H3,(H,28,34). The monoisotopic (exact) mass is 488 g/mol. The van der Waals surface area contributed by atoms with Crippen LogP contribution in [0.5, 0.6) is 5.75 Å². The van der Waals surface area contributed by atoms with Crippen molar-refractivity contribution in [1.82, 2.24) is 29.1 Å². The van der Waals surface area contributed by atoms with Crippen molar-refractivity contribution in [1.29, 1.82) is 0 Å². The summed E-state index contributed by atoms with van der Waals surface area (Å²) in [7, 11) is 0. The molecule has 0 aliphatic heterocycles. The van der Waals surface area contributed by atoms with E-state index in [1.807, 2.05) is 30.3 Å². The number of hydrogen-bond donors (Lipinski definition) is 1. The Morgan fingerprint density at radius 1 is 1.14 bits per heavy atom. The van der Waals surface area contributed by atoms with E-state index in [0.29, 0.717) is 24.3 Å². The third-order valence-electron chi connectivity index (χ3n) is 6.56. The number of aromatic nitrogens is 5. The summed E-state index contributed by atoms with van der Waals surface area (Å²) in [6, 6.07) is 9.72. The predicted molar refractivity (Wildman–Crippen MR) is 138 cm³/mol. The quantitative estimate of drug-likeness (QED) is 0.269. The Morgan fingerprint density at radius 3 is 2.78 bits per heavy atom. The largest absolute Gasteiger partial charge is 0.494 e. The van der Waals surface area contributed by atoms with Crippen LogP contribution in [-0.2, 0) is 11.3 Å². The molecule has 1 aliphatic rings. The van der Waals surface area contributed by atoms with Crippen LogP contribution < -0.4 is 15.7 Å². The van der Waals surface area contributed by atoms with Crippen molar-refractivity contribution in [3.63, 3.8) is 0 Å². The van der Waals surface area contributed by atoms with Gasteiger partial charge in [0.2, 0.25) is 5.91 Å². The first-order valence-corrected chi connectivity index (χ1v) is 12.8. The first-order valence-electron chi connectivity index (χ1n) is 12.8. The third-order valence-corrected chi connectivity index (χ3v) is 6.56. The van der Waals surface area contributed by atoms with Crippen molar-refractivity contribution in [2.75, 3.05) is 13.2 Å². The number of fused-ring (bicyclic) bond motifs is 3. The number of allylic oxidation sites excluding steroid dienone is 1. The molecule has 0 fully saturated rings. The van der Waals surface area contributed by atoms with Gasteiger partial charge in [-0.25, -0.2) is 18.4 Å². The average molecular weight is 489 g/mol. The summed E-state index contributed by atoms with van der Waals surface area (Å²) in [5, 5.41) is 12.0. The molecular weight excluding hydrogens is 456 g/mol. The summed E-state index contributed by atoms with van der Waals surface area (Å²) >= 11 is 0. The lowest BCUT2D eigenvalue weighted by molar-refractivity contribution is -0.121. The highest BCUT2D eigenvalue weighted by molar-refractivity contribution is 5.77. The number of unbranched alkanes of at least 4 members (excludes halogenated alkanes) is 1. The molecule has 1 aliphatic carbocycles. The van der Waals surface area contributed by atoms with Crippen LogP contribution >= 0.6 is 0 Å². The fourth-order valence-corrected chi connectivity index (χ4v) is 4.52. The van der Waals surface area contributed by atoms with E-state index >= 15 is 0 Å². The fraction of sp³-hybridized carbons (Fsp3) is 0.407. The Kier molecular flexibility index (Phi) is 7.16. The highest BCUT2D eigenvalue weighted by Gasteiger charge is 2.15.